The van der Waals surface area contributed by atoms with E-state index in [2.05, 4.69) is 29.5 Å². The lowest BCUT2D eigenvalue weighted by atomic mass is 10.0. The van der Waals surface area contributed by atoms with Crippen LogP contribution in [-0.2, 0) is 16.1 Å². The summed E-state index contributed by atoms with van der Waals surface area (Å²) < 4.78 is 12.5. The molecule has 3 aromatic rings. The van der Waals surface area contributed by atoms with Crippen molar-refractivity contribution in [2.45, 2.75) is 51.7 Å². The molecule has 4 rings (SSSR count). The molecule has 186 valence electrons. The predicted molar refractivity (Wildman–Crippen MR) is 132 cm³/mol. The van der Waals surface area contributed by atoms with Crippen LogP contribution in [0, 0.1) is 5.92 Å². The number of carbonyl (C=O) groups excluding carboxylic acids is 2. The summed E-state index contributed by atoms with van der Waals surface area (Å²) >= 11 is 0. The number of benzene rings is 2. The normalized spacial score (nSPS) is 14.1. The number of methoxy groups -OCH3 is 2. The molecular formula is C26H33N5O4. The summed E-state index contributed by atoms with van der Waals surface area (Å²) in [5.41, 5.74) is 2.18. The minimum atomic E-state index is -0.795. The summed E-state index contributed by atoms with van der Waals surface area (Å²) in [6.45, 7) is 4.77. The van der Waals surface area contributed by atoms with Gasteiger partial charge in [0.1, 0.15) is 18.1 Å². The van der Waals surface area contributed by atoms with Crippen LogP contribution >= 0.6 is 0 Å². The third-order valence-corrected chi connectivity index (χ3v) is 6.20. The van der Waals surface area contributed by atoms with Gasteiger partial charge in [0.15, 0.2) is 11.5 Å². The van der Waals surface area contributed by atoms with Crippen molar-refractivity contribution < 1.29 is 19.1 Å². The van der Waals surface area contributed by atoms with E-state index in [4.69, 9.17) is 9.47 Å². The van der Waals surface area contributed by atoms with Crippen molar-refractivity contribution in [1.29, 1.82) is 0 Å². The fourth-order valence-corrected chi connectivity index (χ4v) is 4.20. The quantitative estimate of drug-likeness (QED) is 0.453. The molecule has 1 aliphatic carbocycles. The summed E-state index contributed by atoms with van der Waals surface area (Å²) in [6, 6.07) is 12.1. The lowest BCUT2D eigenvalue weighted by molar-refractivity contribution is -0.142. The van der Waals surface area contributed by atoms with Crippen molar-refractivity contribution >= 4 is 22.8 Å². The highest BCUT2D eigenvalue weighted by atomic mass is 16.5. The average Bonchev–Trinajstić information content (AvgIpc) is 3.61. The van der Waals surface area contributed by atoms with Gasteiger partial charge >= 0.3 is 0 Å². The van der Waals surface area contributed by atoms with Crippen LogP contribution in [0.1, 0.15) is 44.7 Å². The molecule has 1 heterocycles. The molecule has 0 bridgehead atoms. The summed E-state index contributed by atoms with van der Waals surface area (Å²) in [5.74, 6) is 1.14. The number of hydrogen-bond donors (Lipinski definition) is 1. The maximum Gasteiger partial charge on any atom is 0.247 e. The van der Waals surface area contributed by atoms with E-state index >= 15 is 0 Å². The smallest absolute Gasteiger partial charge is 0.247 e. The third-order valence-electron chi connectivity index (χ3n) is 6.20. The summed E-state index contributed by atoms with van der Waals surface area (Å²) in [6.07, 6.45) is 2.56. The second-order valence-corrected chi connectivity index (χ2v) is 9.26. The molecule has 9 heteroatoms. The highest BCUT2D eigenvalue weighted by molar-refractivity contribution is 5.89. The van der Waals surface area contributed by atoms with E-state index in [1.165, 1.54) is 0 Å². The summed E-state index contributed by atoms with van der Waals surface area (Å²) in [7, 11) is 3.12. The topological polar surface area (TPSA) is 98.6 Å². The number of carbonyl (C=O) groups is 2. The van der Waals surface area contributed by atoms with Gasteiger partial charge in [-0.05, 0) is 55.0 Å². The molecule has 0 unspecified atom stereocenters. The SMILES string of the molecule is COc1ccc([C@@H](C(=O)NCCC(C)C)N(C(=O)Cn2nnc3ccccc32)C2CC2)cc1OC. The Kier molecular flexibility index (Phi) is 7.53. The molecule has 35 heavy (non-hydrogen) atoms. The van der Waals surface area contributed by atoms with Gasteiger partial charge in [0.05, 0.1) is 19.7 Å². The first kappa shape index (κ1) is 24.5. The zero-order valence-corrected chi connectivity index (χ0v) is 20.7. The first-order chi connectivity index (χ1) is 16.9. The Morgan fingerprint density at radius 2 is 1.86 bits per heavy atom. The fourth-order valence-electron chi connectivity index (χ4n) is 4.20. The first-order valence-electron chi connectivity index (χ1n) is 12.0. The Hall–Kier alpha value is -3.62. The second-order valence-electron chi connectivity index (χ2n) is 9.26. The number of nitrogens with one attached hydrogen (secondary N) is 1. The van der Waals surface area contributed by atoms with E-state index in [0.717, 1.165) is 30.3 Å². The molecule has 1 atom stereocenters. The number of nitrogens with zero attached hydrogens (tertiary/aromatic N) is 4. The number of hydrogen-bond acceptors (Lipinski definition) is 6. The van der Waals surface area contributed by atoms with Crippen LogP contribution in [0.15, 0.2) is 42.5 Å². The molecule has 0 spiro atoms. The van der Waals surface area contributed by atoms with Crippen molar-refractivity contribution in [1.82, 2.24) is 25.2 Å². The van der Waals surface area contributed by atoms with Crippen molar-refractivity contribution in [3.63, 3.8) is 0 Å². The van der Waals surface area contributed by atoms with Crippen LogP contribution in [0.5, 0.6) is 11.5 Å². The van der Waals surface area contributed by atoms with Gasteiger partial charge in [-0.15, -0.1) is 5.10 Å². The maximum atomic E-state index is 13.7. The van der Waals surface area contributed by atoms with Gasteiger partial charge < -0.3 is 19.7 Å². The first-order valence-corrected chi connectivity index (χ1v) is 12.0. The van der Waals surface area contributed by atoms with Crippen LogP contribution < -0.4 is 14.8 Å². The molecule has 1 saturated carbocycles. The zero-order chi connectivity index (χ0) is 24.9. The van der Waals surface area contributed by atoms with E-state index < -0.39 is 6.04 Å². The van der Waals surface area contributed by atoms with Crippen LogP contribution in [-0.4, -0.2) is 58.5 Å². The number of ether oxygens (including phenoxy) is 2. The third kappa shape index (κ3) is 5.55. The van der Waals surface area contributed by atoms with E-state index in [1.54, 1.807) is 35.9 Å². The average molecular weight is 480 g/mol. The predicted octanol–water partition coefficient (Wildman–Crippen LogP) is 3.34. The molecule has 1 aliphatic rings. The highest BCUT2D eigenvalue weighted by Gasteiger charge is 2.41. The fraction of sp³-hybridized carbons (Fsp3) is 0.462. The second kappa shape index (κ2) is 10.8. The van der Waals surface area contributed by atoms with Crippen LogP contribution in [0.2, 0.25) is 0 Å². The van der Waals surface area contributed by atoms with Gasteiger partial charge in [-0.1, -0.05) is 37.3 Å². The Morgan fingerprint density at radius 1 is 1.11 bits per heavy atom. The summed E-state index contributed by atoms with van der Waals surface area (Å²) in [5, 5.41) is 11.4. The molecule has 2 amide bonds. The van der Waals surface area contributed by atoms with Gasteiger partial charge in [0.2, 0.25) is 11.8 Å². The lowest BCUT2D eigenvalue weighted by Crippen LogP contribution is -2.46. The number of fused-ring (bicyclic) bond motifs is 1. The van der Waals surface area contributed by atoms with Crippen molar-refractivity contribution in [3.05, 3.63) is 48.0 Å². The molecule has 2 aromatic carbocycles. The van der Waals surface area contributed by atoms with E-state index in [0.29, 0.717) is 29.5 Å². The number of rotatable bonds is 11. The number of para-hydroxylation sites is 1. The number of aromatic nitrogens is 3. The van der Waals surface area contributed by atoms with Crippen molar-refractivity contribution in [3.8, 4) is 11.5 Å². The van der Waals surface area contributed by atoms with Gasteiger partial charge in [0, 0.05) is 12.6 Å². The van der Waals surface area contributed by atoms with Crippen LogP contribution in [0.3, 0.4) is 0 Å². The van der Waals surface area contributed by atoms with Crippen LogP contribution in [0.4, 0.5) is 0 Å². The highest BCUT2D eigenvalue weighted by Crippen LogP contribution is 2.38. The largest absolute Gasteiger partial charge is 0.493 e. The van der Waals surface area contributed by atoms with E-state index in [-0.39, 0.29) is 24.4 Å². The maximum absolute atomic E-state index is 13.7. The molecule has 1 fully saturated rings. The lowest BCUT2D eigenvalue weighted by Gasteiger charge is -2.32. The van der Waals surface area contributed by atoms with Gasteiger partial charge in [-0.25, -0.2) is 4.68 Å². The molecule has 0 saturated heterocycles. The van der Waals surface area contributed by atoms with Crippen molar-refractivity contribution in [2.24, 2.45) is 5.92 Å². The molecule has 0 radical (unpaired) electrons. The van der Waals surface area contributed by atoms with E-state index in [1.807, 2.05) is 30.3 Å². The Labute approximate surface area is 205 Å². The minimum Gasteiger partial charge on any atom is -0.493 e. The summed E-state index contributed by atoms with van der Waals surface area (Å²) in [4.78, 5) is 29.0. The molecular weight excluding hydrogens is 446 g/mol. The monoisotopic (exact) mass is 479 g/mol. The Morgan fingerprint density at radius 3 is 2.54 bits per heavy atom. The molecule has 1 aromatic heterocycles. The molecule has 0 aliphatic heterocycles. The van der Waals surface area contributed by atoms with E-state index in [9.17, 15) is 9.59 Å². The minimum absolute atomic E-state index is 0.0000764. The number of amides is 2. The Balaban J connectivity index is 1.67. The Bertz CT molecular complexity index is 1190. The molecule has 1 N–H and O–H groups in total. The van der Waals surface area contributed by atoms with Gasteiger partial charge in [-0.3, -0.25) is 9.59 Å². The standard InChI is InChI=1S/C26H33N5O4/c1-17(2)13-14-27-26(33)25(18-9-12-22(34-3)23(15-18)35-4)31(19-10-11-19)24(32)16-30-21-8-6-5-7-20(21)28-29-30/h5-9,12,15,17,19,25H,10-11,13-14,16H2,1-4H3,(H,27,33)/t25-/m0/s1. The molecule has 9 nitrogen and oxygen atoms in total. The van der Waals surface area contributed by atoms with Crippen LogP contribution in [0.25, 0.3) is 11.0 Å². The van der Waals surface area contributed by atoms with Gasteiger partial charge in [0.25, 0.3) is 0 Å². The zero-order valence-electron chi connectivity index (χ0n) is 20.7. The van der Waals surface area contributed by atoms with Crippen molar-refractivity contribution in [2.75, 3.05) is 20.8 Å². The van der Waals surface area contributed by atoms with Gasteiger partial charge in [-0.2, -0.15) is 0 Å².